The van der Waals surface area contributed by atoms with Crippen LogP contribution in [0.25, 0.3) is 0 Å². The molecule has 0 aliphatic carbocycles. The van der Waals surface area contributed by atoms with Crippen molar-refractivity contribution in [2.24, 2.45) is 0 Å². The van der Waals surface area contributed by atoms with Gasteiger partial charge < -0.3 is 15.5 Å². The van der Waals surface area contributed by atoms with E-state index < -0.39 is 0 Å². The first-order valence-electron chi connectivity index (χ1n) is 10.1. The molecule has 2 atom stereocenters. The summed E-state index contributed by atoms with van der Waals surface area (Å²) in [6.45, 7) is 2.02. The molecular weight excluding hydrogens is 350 g/mol. The van der Waals surface area contributed by atoms with Crippen LogP contribution in [-0.4, -0.2) is 35.0 Å². The van der Waals surface area contributed by atoms with E-state index in [1.54, 1.807) is 0 Å². The van der Waals surface area contributed by atoms with E-state index in [9.17, 15) is 9.59 Å². The third kappa shape index (κ3) is 4.03. The maximum atomic E-state index is 13.0. The number of carbonyl (C=O) groups is 2. The van der Waals surface area contributed by atoms with Gasteiger partial charge >= 0.3 is 6.03 Å². The smallest absolute Gasteiger partial charge is 0.322 e. The highest BCUT2D eigenvalue weighted by Gasteiger charge is 2.41. The summed E-state index contributed by atoms with van der Waals surface area (Å²) in [7, 11) is 0. The highest BCUT2D eigenvalue weighted by atomic mass is 16.2. The van der Waals surface area contributed by atoms with Gasteiger partial charge in [-0.25, -0.2) is 4.79 Å². The van der Waals surface area contributed by atoms with Gasteiger partial charge in [0.1, 0.15) is 0 Å². The molecule has 3 amide bonds. The van der Waals surface area contributed by atoms with Crippen molar-refractivity contribution in [3.05, 3.63) is 65.7 Å². The highest BCUT2D eigenvalue weighted by Crippen LogP contribution is 2.34. The van der Waals surface area contributed by atoms with Crippen molar-refractivity contribution in [3.8, 4) is 0 Å². The van der Waals surface area contributed by atoms with Crippen LogP contribution in [0.4, 0.5) is 10.5 Å². The Morgan fingerprint density at radius 2 is 1.68 bits per heavy atom. The second kappa shape index (κ2) is 8.05. The van der Waals surface area contributed by atoms with Crippen LogP contribution < -0.4 is 10.6 Å². The fourth-order valence-electron chi connectivity index (χ4n) is 4.60. The Hall–Kier alpha value is -2.82. The minimum absolute atomic E-state index is 0.0202. The van der Waals surface area contributed by atoms with Crippen molar-refractivity contribution in [1.29, 1.82) is 0 Å². The first-order valence-corrected chi connectivity index (χ1v) is 10.1. The van der Waals surface area contributed by atoms with E-state index >= 15 is 0 Å². The Labute approximate surface area is 166 Å². The Kier molecular flexibility index (Phi) is 5.33. The number of aryl methyl sites for hydroxylation is 1. The van der Waals surface area contributed by atoms with E-state index in [1.807, 2.05) is 66.4 Å². The lowest BCUT2D eigenvalue weighted by atomic mass is 9.82. The van der Waals surface area contributed by atoms with E-state index in [-0.39, 0.29) is 30.1 Å². The van der Waals surface area contributed by atoms with Gasteiger partial charge in [-0.05, 0) is 68.9 Å². The summed E-state index contributed by atoms with van der Waals surface area (Å²) in [6.07, 6.45) is 4.76. The van der Waals surface area contributed by atoms with Gasteiger partial charge in [-0.2, -0.15) is 0 Å². The normalized spacial score (nSPS) is 23.8. The molecule has 5 nitrogen and oxygen atoms in total. The third-order valence-corrected chi connectivity index (χ3v) is 5.85. The van der Waals surface area contributed by atoms with Crippen LogP contribution in [-0.2, 0) is 0 Å². The summed E-state index contributed by atoms with van der Waals surface area (Å²) >= 11 is 0. The van der Waals surface area contributed by atoms with Gasteiger partial charge in [0.25, 0.3) is 5.91 Å². The average Bonchev–Trinajstić information content (AvgIpc) is 2.68. The van der Waals surface area contributed by atoms with Crippen LogP contribution in [0.15, 0.2) is 54.6 Å². The van der Waals surface area contributed by atoms with Crippen LogP contribution in [0, 0.1) is 6.92 Å². The molecule has 0 radical (unpaired) electrons. The van der Waals surface area contributed by atoms with Crippen molar-refractivity contribution >= 4 is 17.6 Å². The fourth-order valence-corrected chi connectivity index (χ4v) is 4.60. The number of fused-ring (bicyclic) bond motifs is 2. The van der Waals surface area contributed by atoms with E-state index in [4.69, 9.17) is 0 Å². The van der Waals surface area contributed by atoms with E-state index in [0.29, 0.717) is 5.56 Å². The number of nitrogens with one attached hydrogen (secondary N) is 2. The second-order valence-electron chi connectivity index (χ2n) is 7.95. The summed E-state index contributed by atoms with van der Waals surface area (Å²) in [5.41, 5.74) is 2.65. The molecule has 2 heterocycles. The van der Waals surface area contributed by atoms with E-state index in [1.165, 1.54) is 0 Å². The van der Waals surface area contributed by atoms with Gasteiger partial charge in [0.15, 0.2) is 0 Å². The maximum Gasteiger partial charge on any atom is 0.322 e. The molecule has 5 heteroatoms. The largest absolute Gasteiger partial charge is 0.349 e. The van der Waals surface area contributed by atoms with Crippen molar-refractivity contribution in [1.82, 2.24) is 10.2 Å². The molecule has 4 rings (SSSR count). The number of urea groups is 1. The molecule has 0 spiro atoms. The number of piperidine rings is 2. The van der Waals surface area contributed by atoms with Crippen LogP contribution >= 0.6 is 0 Å². The lowest BCUT2D eigenvalue weighted by Gasteiger charge is -2.48. The summed E-state index contributed by atoms with van der Waals surface area (Å²) in [5, 5.41) is 6.25. The Balaban J connectivity index is 1.42. The van der Waals surface area contributed by atoms with Crippen molar-refractivity contribution in [2.75, 3.05) is 5.32 Å². The van der Waals surface area contributed by atoms with E-state index in [2.05, 4.69) is 10.6 Å². The summed E-state index contributed by atoms with van der Waals surface area (Å²) in [5.74, 6) is -0.0265. The molecule has 2 N–H and O–H groups in total. The Bertz CT molecular complexity index is 838. The molecule has 2 aliphatic heterocycles. The Morgan fingerprint density at radius 1 is 0.964 bits per heavy atom. The van der Waals surface area contributed by atoms with Crippen LogP contribution in [0.2, 0.25) is 0 Å². The molecular formula is C23H27N3O2. The number of anilines is 1. The van der Waals surface area contributed by atoms with Crippen LogP contribution in [0.1, 0.15) is 48.0 Å². The topological polar surface area (TPSA) is 61.4 Å². The number of amides is 3. The lowest BCUT2D eigenvalue weighted by Crippen LogP contribution is -2.59. The minimum atomic E-state index is -0.0265. The summed E-state index contributed by atoms with van der Waals surface area (Å²) < 4.78 is 0. The molecule has 2 aromatic carbocycles. The van der Waals surface area contributed by atoms with Crippen LogP contribution in [0.5, 0.6) is 0 Å². The first-order chi connectivity index (χ1) is 13.6. The fraction of sp³-hybridized carbons (Fsp3) is 0.391. The summed E-state index contributed by atoms with van der Waals surface area (Å²) in [4.78, 5) is 27.5. The zero-order chi connectivity index (χ0) is 19.5. The quantitative estimate of drug-likeness (QED) is 0.836. The zero-order valence-electron chi connectivity index (χ0n) is 16.2. The molecule has 0 aromatic heterocycles. The number of hydrogen-bond donors (Lipinski definition) is 2. The van der Waals surface area contributed by atoms with Gasteiger partial charge in [0.05, 0.1) is 0 Å². The number of nitrogens with zero attached hydrogens (tertiary/aromatic N) is 1. The maximum absolute atomic E-state index is 13.0. The zero-order valence-corrected chi connectivity index (χ0v) is 16.2. The SMILES string of the molecule is Cc1cccc(NC(=O)N2[C@@H]3CCC[C@@H]2CC(NC(=O)c2ccccc2)C3)c1. The number of rotatable bonds is 3. The standard InChI is InChI=1S/C23H27N3O2/c1-16-7-5-10-18(13-16)25-23(28)26-20-11-6-12-21(26)15-19(14-20)24-22(27)17-8-3-2-4-9-17/h2-5,7-10,13,19-21H,6,11-12,14-15H2,1H3,(H,24,27)(H,25,28)/t20-,21-/m1/s1. The number of hydrogen-bond acceptors (Lipinski definition) is 2. The van der Waals surface area contributed by atoms with Gasteiger partial charge in [0, 0.05) is 29.4 Å². The van der Waals surface area contributed by atoms with Crippen molar-refractivity contribution in [3.63, 3.8) is 0 Å². The molecule has 2 aromatic rings. The van der Waals surface area contributed by atoms with Gasteiger partial charge in [-0.3, -0.25) is 4.79 Å². The van der Waals surface area contributed by atoms with Crippen molar-refractivity contribution in [2.45, 2.75) is 57.2 Å². The predicted octanol–water partition coefficient (Wildman–Crippen LogP) is 4.34. The Morgan fingerprint density at radius 3 is 2.36 bits per heavy atom. The predicted molar refractivity (Wildman–Crippen MR) is 110 cm³/mol. The molecule has 2 aliphatic rings. The average molecular weight is 377 g/mol. The van der Waals surface area contributed by atoms with Gasteiger partial charge in [-0.15, -0.1) is 0 Å². The molecule has 28 heavy (non-hydrogen) atoms. The molecule has 2 bridgehead atoms. The molecule has 2 saturated heterocycles. The third-order valence-electron chi connectivity index (χ3n) is 5.85. The number of benzene rings is 2. The van der Waals surface area contributed by atoms with Crippen molar-refractivity contribution < 1.29 is 9.59 Å². The molecule has 0 unspecified atom stereocenters. The minimum Gasteiger partial charge on any atom is -0.349 e. The second-order valence-corrected chi connectivity index (χ2v) is 7.95. The monoisotopic (exact) mass is 377 g/mol. The first kappa shape index (κ1) is 18.5. The number of carbonyl (C=O) groups excluding carboxylic acids is 2. The molecule has 2 fully saturated rings. The lowest BCUT2D eigenvalue weighted by molar-refractivity contribution is 0.0577. The highest BCUT2D eigenvalue weighted by molar-refractivity contribution is 5.94. The van der Waals surface area contributed by atoms with Crippen LogP contribution in [0.3, 0.4) is 0 Å². The molecule has 146 valence electrons. The molecule has 0 saturated carbocycles. The van der Waals surface area contributed by atoms with E-state index in [0.717, 1.165) is 43.4 Å². The summed E-state index contributed by atoms with van der Waals surface area (Å²) in [6, 6.07) is 17.7. The van der Waals surface area contributed by atoms with Gasteiger partial charge in [0.2, 0.25) is 0 Å². The van der Waals surface area contributed by atoms with Gasteiger partial charge in [-0.1, -0.05) is 30.3 Å².